The highest BCUT2D eigenvalue weighted by Crippen LogP contribution is 2.28. The van der Waals surface area contributed by atoms with Crippen LogP contribution in [0, 0.1) is 6.92 Å². The first-order valence-electron chi connectivity index (χ1n) is 9.82. The number of nitrogens with zero attached hydrogens (tertiary/aromatic N) is 4. The van der Waals surface area contributed by atoms with Crippen molar-refractivity contribution in [1.82, 2.24) is 14.9 Å². The summed E-state index contributed by atoms with van der Waals surface area (Å²) < 4.78 is 0. The number of aryl methyl sites for hydroxylation is 1. The van der Waals surface area contributed by atoms with Crippen molar-refractivity contribution in [3.63, 3.8) is 0 Å². The van der Waals surface area contributed by atoms with Crippen molar-refractivity contribution in [1.29, 1.82) is 0 Å². The summed E-state index contributed by atoms with van der Waals surface area (Å²) in [4.78, 5) is 26.2. The van der Waals surface area contributed by atoms with E-state index in [1.54, 1.807) is 6.20 Å². The van der Waals surface area contributed by atoms with Gasteiger partial charge in [0.25, 0.3) is 5.91 Å². The van der Waals surface area contributed by atoms with E-state index < -0.39 is 0 Å². The van der Waals surface area contributed by atoms with Crippen LogP contribution in [-0.2, 0) is 0 Å². The number of carbonyl (C=O) groups is 1. The summed E-state index contributed by atoms with van der Waals surface area (Å²) >= 11 is 0. The third kappa shape index (κ3) is 3.67. The van der Waals surface area contributed by atoms with Gasteiger partial charge in [-0.3, -0.25) is 4.79 Å². The topological polar surface area (TPSA) is 75.4 Å². The van der Waals surface area contributed by atoms with Crippen LogP contribution in [0.15, 0.2) is 36.5 Å². The van der Waals surface area contributed by atoms with Crippen LogP contribution >= 0.6 is 0 Å². The highest BCUT2D eigenvalue weighted by molar-refractivity contribution is 5.95. The molecule has 0 radical (unpaired) electrons. The molecule has 142 valence electrons. The van der Waals surface area contributed by atoms with Gasteiger partial charge in [-0.1, -0.05) is 30.3 Å². The molecule has 3 heterocycles. The molecule has 27 heavy (non-hydrogen) atoms. The molecule has 2 fully saturated rings. The lowest BCUT2D eigenvalue weighted by molar-refractivity contribution is 0.0787. The van der Waals surface area contributed by atoms with Gasteiger partial charge in [0.05, 0.1) is 11.3 Å². The van der Waals surface area contributed by atoms with Crippen molar-refractivity contribution in [2.45, 2.75) is 38.1 Å². The average Bonchev–Trinajstić information content (AvgIpc) is 3.10. The van der Waals surface area contributed by atoms with Crippen LogP contribution in [0.4, 0.5) is 5.95 Å². The van der Waals surface area contributed by atoms with Gasteiger partial charge in [0.15, 0.2) is 0 Å². The first-order valence-corrected chi connectivity index (χ1v) is 9.82. The van der Waals surface area contributed by atoms with E-state index in [-0.39, 0.29) is 17.9 Å². The third-order valence-corrected chi connectivity index (χ3v) is 5.72. The summed E-state index contributed by atoms with van der Waals surface area (Å²) in [6, 6.07) is 10.1. The molecule has 2 atom stereocenters. The van der Waals surface area contributed by atoms with Crippen molar-refractivity contribution in [3.8, 4) is 0 Å². The zero-order valence-electron chi connectivity index (χ0n) is 15.8. The first kappa shape index (κ1) is 17.9. The standard InChI is InChI=1S/C21H27N5O/c1-15-17(12-23-21(24-15)25-10-6-3-7-11-25)20(27)26-13-18(19(22)14-26)16-8-4-2-5-9-16/h2,4-5,8-9,12,18-19H,3,6-7,10-11,13-14,22H2,1H3/t18-,19+/m1/s1. The Labute approximate surface area is 160 Å². The summed E-state index contributed by atoms with van der Waals surface area (Å²) in [5.41, 5.74) is 8.86. The number of hydrogen-bond acceptors (Lipinski definition) is 5. The van der Waals surface area contributed by atoms with Gasteiger partial charge in [0.2, 0.25) is 5.95 Å². The van der Waals surface area contributed by atoms with Crippen molar-refractivity contribution in [2.75, 3.05) is 31.1 Å². The summed E-state index contributed by atoms with van der Waals surface area (Å²) in [7, 11) is 0. The lowest BCUT2D eigenvalue weighted by Crippen LogP contribution is -2.34. The van der Waals surface area contributed by atoms with Gasteiger partial charge in [-0.25, -0.2) is 9.97 Å². The Morgan fingerprint density at radius 3 is 2.56 bits per heavy atom. The molecular weight excluding hydrogens is 338 g/mol. The summed E-state index contributed by atoms with van der Waals surface area (Å²) in [5, 5.41) is 0. The zero-order chi connectivity index (χ0) is 18.8. The monoisotopic (exact) mass is 365 g/mol. The van der Waals surface area contributed by atoms with E-state index in [2.05, 4.69) is 27.0 Å². The maximum Gasteiger partial charge on any atom is 0.257 e. The van der Waals surface area contributed by atoms with Crippen molar-refractivity contribution in [2.24, 2.45) is 5.73 Å². The molecule has 6 nitrogen and oxygen atoms in total. The lowest BCUT2D eigenvalue weighted by Gasteiger charge is -2.27. The minimum atomic E-state index is -0.0507. The van der Waals surface area contributed by atoms with Gasteiger partial charge in [0, 0.05) is 44.3 Å². The molecular formula is C21H27N5O. The molecule has 1 amide bonds. The number of hydrogen-bond donors (Lipinski definition) is 1. The normalized spacial score (nSPS) is 22.9. The number of nitrogens with two attached hydrogens (primary N) is 1. The number of benzene rings is 1. The predicted octanol–water partition coefficient (Wildman–Crippen LogP) is 2.34. The fraction of sp³-hybridized carbons (Fsp3) is 0.476. The molecule has 2 saturated heterocycles. The highest BCUT2D eigenvalue weighted by Gasteiger charge is 2.35. The molecule has 0 unspecified atom stereocenters. The van der Waals surface area contributed by atoms with E-state index in [1.807, 2.05) is 30.0 Å². The zero-order valence-corrected chi connectivity index (χ0v) is 15.8. The molecule has 1 aromatic carbocycles. The molecule has 6 heteroatoms. The minimum absolute atomic E-state index is 0.0217. The van der Waals surface area contributed by atoms with Gasteiger partial charge in [-0.05, 0) is 31.7 Å². The summed E-state index contributed by atoms with van der Waals surface area (Å²) in [5.74, 6) is 0.889. The van der Waals surface area contributed by atoms with Crippen molar-refractivity contribution in [3.05, 3.63) is 53.3 Å². The van der Waals surface area contributed by atoms with Crippen molar-refractivity contribution >= 4 is 11.9 Å². The Kier molecular flexibility index (Phi) is 5.07. The fourth-order valence-corrected chi connectivity index (χ4v) is 4.13. The van der Waals surface area contributed by atoms with E-state index in [0.717, 1.165) is 24.7 Å². The Balaban J connectivity index is 1.49. The second-order valence-corrected chi connectivity index (χ2v) is 7.61. The van der Waals surface area contributed by atoms with Crippen LogP contribution in [0.5, 0.6) is 0 Å². The minimum Gasteiger partial charge on any atom is -0.341 e. The molecule has 1 aromatic heterocycles. The second-order valence-electron chi connectivity index (χ2n) is 7.61. The second kappa shape index (κ2) is 7.64. The molecule has 2 aromatic rings. The number of likely N-dealkylation sites (tertiary alicyclic amines) is 1. The molecule has 0 saturated carbocycles. The highest BCUT2D eigenvalue weighted by atomic mass is 16.2. The smallest absolute Gasteiger partial charge is 0.257 e. The van der Waals surface area contributed by atoms with E-state index in [4.69, 9.17) is 5.73 Å². The van der Waals surface area contributed by atoms with Crippen LogP contribution in [0.1, 0.15) is 46.8 Å². The van der Waals surface area contributed by atoms with E-state index in [9.17, 15) is 4.79 Å². The molecule has 0 aliphatic carbocycles. The summed E-state index contributed by atoms with van der Waals surface area (Å²) in [6.07, 6.45) is 5.31. The van der Waals surface area contributed by atoms with E-state index >= 15 is 0 Å². The maximum atomic E-state index is 13.1. The largest absolute Gasteiger partial charge is 0.341 e. The average molecular weight is 365 g/mol. The van der Waals surface area contributed by atoms with Gasteiger partial charge in [-0.15, -0.1) is 0 Å². The number of anilines is 1. The maximum absolute atomic E-state index is 13.1. The number of carbonyl (C=O) groups excluding carboxylic acids is 1. The lowest BCUT2D eigenvalue weighted by atomic mass is 9.95. The Hall–Kier alpha value is -2.47. The number of rotatable bonds is 3. The van der Waals surface area contributed by atoms with Gasteiger partial charge in [0.1, 0.15) is 0 Å². The van der Waals surface area contributed by atoms with Gasteiger partial charge >= 0.3 is 0 Å². The van der Waals surface area contributed by atoms with Crippen molar-refractivity contribution < 1.29 is 4.79 Å². The molecule has 2 aliphatic heterocycles. The fourth-order valence-electron chi connectivity index (χ4n) is 4.13. The molecule has 0 bridgehead atoms. The Morgan fingerprint density at radius 1 is 1.11 bits per heavy atom. The predicted molar refractivity (Wildman–Crippen MR) is 106 cm³/mol. The van der Waals surface area contributed by atoms with Crippen LogP contribution < -0.4 is 10.6 Å². The molecule has 2 N–H and O–H groups in total. The van der Waals surface area contributed by atoms with E-state index in [0.29, 0.717) is 18.7 Å². The Morgan fingerprint density at radius 2 is 1.85 bits per heavy atom. The van der Waals surface area contributed by atoms with E-state index in [1.165, 1.54) is 24.8 Å². The third-order valence-electron chi connectivity index (χ3n) is 5.72. The molecule has 0 spiro atoms. The van der Waals surface area contributed by atoms with Gasteiger partial charge < -0.3 is 15.5 Å². The van der Waals surface area contributed by atoms with Crippen LogP contribution in [-0.4, -0.2) is 53.0 Å². The van der Waals surface area contributed by atoms with Gasteiger partial charge in [-0.2, -0.15) is 0 Å². The quantitative estimate of drug-likeness (QED) is 0.904. The molecule has 4 rings (SSSR count). The number of aromatic nitrogens is 2. The SMILES string of the molecule is Cc1nc(N2CCCCC2)ncc1C(=O)N1C[C@H](c2ccccc2)[C@@H](N)C1. The van der Waals surface area contributed by atoms with Crippen LogP contribution in [0.2, 0.25) is 0 Å². The molecule has 2 aliphatic rings. The summed E-state index contributed by atoms with van der Waals surface area (Å²) in [6.45, 7) is 5.08. The number of amides is 1. The first-order chi connectivity index (χ1) is 13.1. The number of piperidine rings is 1. The van der Waals surface area contributed by atoms with Crippen LogP contribution in [0.25, 0.3) is 0 Å². The van der Waals surface area contributed by atoms with Crippen LogP contribution in [0.3, 0.4) is 0 Å². The Bertz CT molecular complexity index is 803.